The minimum atomic E-state index is -1.83. The predicted molar refractivity (Wildman–Crippen MR) is 109 cm³/mol. The van der Waals surface area contributed by atoms with Gasteiger partial charge in [-0.05, 0) is 30.3 Å². The fourth-order valence-electron chi connectivity index (χ4n) is 2.11. The van der Waals surface area contributed by atoms with E-state index < -0.39 is 36.8 Å². The Balaban J connectivity index is 0.00000118. The SMILES string of the molecule is C=CC(=O)NCC(OC(=O)Oc1ccc(C(=O)c2ccccc2)cc1)C(=O)O.O=C(O)O. The molecule has 0 aliphatic rings. The summed E-state index contributed by atoms with van der Waals surface area (Å²) < 4.78 is 9.58. The summed E-state index contributed by atoms with van der Waals surface area (Å²) in [6, 6.07) is 14.4. The Morgan fingerprint density at radius 1 is 0.906 bits per heavy atom. The summed E-state index contributed by atoms with van der Waals surface area (Å²) in [6.45, 7) is 2.78. The highest BCUT2D eigenvalue weighted by molar-refractivity contribution is 6.09. The van der Waals surface area contributed by atoms with Gasteiger partial charge in [0, 0.05) is 11.1 Å². The highest BCUT2D eigenvalue weighted by Crippen LogP contribution is 2.16. The molecule has 0 saturated heterocycles. The number of carbonyl (C=O) groups is 5. The summed E-state index contributed by atoms with van der Waals surface area (Å²) in [7, 11) is 0. The van der Waals surface area contributed by atoms with Gasteiger partial charge in [0.1, 0.15) is 5.75 Å². The number of hydrogen-bond acceptors (Lipinski definition) is 7. The maximum Gasteiger partial charge on any atom is 0.514 e. The molecule has 11 heteroatoms. The Labute approximate surface area is 181 Å². The van der Waals surface area contributed by atoms with Crippen molar-refractivity contribution in [1.82, 2.24) is 5.32 Å². The van der Waals surface area contributed by atoms with Crippen LogP contribution in [0.3, 0.4) is 0 Å². The largest absolute Gasteiger partial charge is 0.514 e. The lowest BCUT2D eigenvalue weighted by Gasteiger charge is -2.13. The number of carboxylic acids is 1. The zero-order valence-electron chi connectivity index (χ0n) is 16.5. The van der Waals surface area contributed by atoms with Crippen molar-refractivity contribution in [1.29, 1.82) is 0 Å². The molecule has 1 atom stereocenters. The number of ether oxygens (including phenoxy) is 2. The van der Waals surface area contributed by atoms with Gasteiger partial charge < -0.3 is 30.1 Å². The lowest BCUT2D eigenvalue weighted by molar-refractivity contribution is -0.147. The van der Waals surface area contributed by atoms with Crippen LogP contribution in [0.4, 0.5) is 9.59 Å². The molecule has 0 heterocycles. The van der Waals surface area contributed by atoms with E-state index in [1.54, 1.807) is 30.3 Å². The molecule has 32 heavy (non-hydrogen) atoms. The predicted octanol–water partition coefficient (Wildman–Crippen LogP) is 2.41. The molecule has 2 aromatic carbocycles. The topological polar surface area (TPSA) is 177 Å². The molecular formula is C21H19NO10. The second-order valence-corrected chi connectivity index (χ2v) is 5.75. The Bertz CT molecular complexity index is 966. The molecular weight excluding hydrogens is 426 g/mol. The minimum absolute atomic E-state index is 0.0638. The Morgan fingerprint density at radius 2 is 1.44 bits per heavy atom. The van der Waals surface area contributed by atoms with Gasteiger partial charge in [0.2, 0.25) is 12.0 Å². The van der Waals surface area contributed by atoms with Gasteiger partial charge in [-0.3, -0.25) is 9.59 Å². The van der Waals surface area contributed by atoms with Crippen molar-refractivity contribution in [3.05, 3.63) is 78.4 Å². The second kappa shape index (κ2) is 12.8. The molecule has 1 amide bonds. The summed E-state index contributed by atoms with van der Waals surface area (Å²) in [5.41, 5.74) is 0.906. The summed E-state index contributed by atoms with van der Waals surface area (Å²) in [6.07, 6.45) is -3.77. The van der Waals surface area contributed by atoms with Crippen molar-refractivity contribution in [2.45, 2.75) is 6.10 Å². The first kappa shape index (κ1) is 25.4. The Hall–Kier alpha value is -4.67. The quantitative estimate of drug-likeness (QED) is 0.204. The highest BCUT2D eigenvalue weighted by atomic mass is 16.7. The molecule has 1 unspecified atom stereocenters. The number of ketones is 1. The van der Waals surface area contributed by atoms with Crippen LogP contribution < -0.4 is 10.1 Å². The van der Waals surface area contributed by atoms with E-state index in [1.807, 2.05) is 0 Å². The molecule has 4 N–H and O–H groups in total. The summed E-state index contributed by atoms with van der Waals surface area (Å²) >= 11 is 0. The first-order chi connectivity index (χ1) is 15.1. The van der Waals surface area contributed by atoms with Crippen LogP contribution in [0.1, 0.15) is 15.9 Å². The van der Waals surface area contributed by atoms with Crippen molar-refractivity contribution in [2.24, 2.45) is 0 Å². The third-order valence-corrected chi connectivity index (χ3v) is 3.51. The molecule has 0 fully saturated rings. The summed E-state index contributed by atoms with van der Waals surface area (Å²) in [5, 5.41) is 25.2. The van der Waals surface area contributed by atoms with Gasteiger partial charge in [-0.2, -0.15) is 0 Å². The van der Waals surface area contributed by atoms with Gasteiger partial charge in [0.25, 0.3) is 0 Å². The zero-order chi connectivity index (χ0) is 24.1. The number of rotatable bonds is 8. The fraction of sp³-hybridized carbons (Fsp3) is 0.0952. The van der Waals surface area contributed by atoms with Gasteiger partial charge in [0.05, 0.1) is 6.54 Å². The number of benzene rings is 2. The van der Waals surface area contributed by atoms with E-state index in [4.69, 9.17) is 24.9 Å². The smallest absolute Gasteiger partial charge is 0.478 e. The maximum absolute atomic E-state index is 12.3. The number of hydrogen-bond donors (Lipinski definition) is 4. The van der Waals surface area contributed by atoms with E-state index in [-0.39, 0.29) is 11.5 Å². The molecule has 0 bridgehead atoms. The molecule has 2 aromatic rings. The molecule has 0 aliphatic carbocycles. The van der Waals surface area contributed by atoms with Crippen molar-refractivity contribution in [3.8, 4) is 5.75 Å². The van der Waals surface area contributed by atoms with Crippen molar-refractivity contribution in [2.75, 3.05) is 6.54 Å². The molecule has 2 rings (SSSR count). The lowest BCUT2D eigenvalue weighted by atomic mass is 10.0. The Kier molecular flexibility index (Phi) is 10.1. The zero-order valence-corrected chi connectivity index (χ0v) is 16.5. The van der Waals surface area contributed by atoms with Crippen LogP contribution in [-0.2, 0) is 14.3 Å². The van der Waals surface area contributed by atoms with E-state index in [0.717, 1.165) is 6.08 Å². The van der Waals surface area contributed by atoms with E-state index in [2.05, 4.69) is 16.6 Å². The standard InChI is InChI=1S/C20H17NO7.CH2O3/c1-2-17(22)21-12-16(19(24)25)28-20(26)27-15-10-8-14(9-11-15)18(23)13-6-4-3-5-7-13;2-1(3)4/h2-11,16H,1,12H2,(H,21,22)(H,24,25);(H2,2,3,4). The van der Waals surface area contributed by atoms with Gasteiger partial charge in [-0.25, -0.2) is 14.4 Å². The number of aliphatic carboxylic acids is 1. The number of carbonyl (C=O) groups excluding carboxylic acids is 3. The number of amides is 1. The average molecular weight is 445 g/mol. The van der Waals surface area contributed by atoms with Crippen LogP contribution >= 0.6 is 0 Å². The maximum atomic E-state index is 12.3. The van der Waals surface area contributed by atoms with Crippen LogP contribution in [0.25, 0.3) is 0 Å². The van der Waals surface area contributed by atoms with Crippen molar-refractivity contribution >= 4 is 30.0 Å². The molecule has 0 spiro atoms. The Morgan fingerprint density at radius 3 is 1.94 bits per heavy atom. The van der Waals surface area contributed by atoms with Crippen LogP contribution in [0, 0.1) is 0 Å². The number of carboxylic acid groups (broad SMARTS) is 3. The molecule has 0 aromatic heterocycles. The van der Waals surface area contributed by atoms with Crippen LogP contribution in [-0.4, -0.2) is 57.9 Å². The number of nitrogens with one attached hydrogen (secondary N) is 1. The summed E-state index contributed by atoms with van der Waals surface area (Å²) in [5.74, 6) is -2.19. The highest BCUT2D eigenvalue weighted by Gasteiger charge is 2.24. The van der Waals surface area contributed by atoms with Crippen LogP contribution in [0.2, 0.25) is 0 Å². The molecule has 0 aliphatic heterocycles. The molecule has 168 valence electrons. The van der Waals surface area contributed by atoms with Gasteiger partial charge >= 0.3 is 18.3 Å². The van der Waals surface area contributed by atoms with Crippen LogP contribution in [0.5, 0.6) is 5.75 Å². The second-order valence-electron chi connectivity index (χ2n) is 5.75. The molecule has 11 nitrogen and oxygen atoms in total. The third kappa shape index (κ3) is 9.22. The van der Waals surface area contributed by atoms with Gasteiger partial charge in [0.15, 0.2) is 5.78 Å². The first-order valence-corrected chi connectivity index (χ1v) is 8.77. The van der Waals surface area contributed by atoms with Crippen LogP contribution in [0.15, 0.2) is 67.3 Å². The third-order valence-electron chi connectivity index (χ3n) is 3.51. The summed E-state index contributed by atoms with van der Waals surface area (Å²) in [4.78, 5) is 54.8. The lowest BCUT2D eigenvalue weighted by Crippen LogP contribution is -2.39. The molecule has 0 radical (unpaired) electrons. The van der Waals surface area contributed by atoms with E-state index >= 15 is 0 Å². The van der Waals surface area contributed by atoms with E-state index in [9.17, 15) is 19.2 Å². The fourth-order valence-corrected chi connectivity index (χ4v) is 2.11. The van der Waals surface area contributed by atoms with Gasteiger partial charge in [-0.1, -0.05) is 36.9 Å². The molecule has 0 saturated carbocycles. The van der Waals surface area contributed by atoms with Crippen molar-refractivity contribution < 1.29 is 48.8 Å². The van der Waals surface area contributed by atoms with Crippen molar-refractivity contribution in [3.63, 3.8) is 0 Å². The van der Waals surface area contributed by atoms with Gasteiger partial charge in [-0.15, -0.1) is 0 Å². The normalized spacial score (nSPS) is 10.4. The van der Waals surface area contributed by atoms with E-state index in [0.29, 0.717) is 11.1 Å². The van der Waals surface area contributed by atoms with E-state index in [1.165, 1.54) is 24.3 Å². The minimum Gasteiger partial charge on any atom is -0.478 e. The monoisotopic (exact) mass is 445 g/mol. The average Bonchev–Trinajstić information content (AvgIpc) is 2.76. The first-order valence-electron chi connectivity index (χ1n) is 8.77.